The lowest BCUT2D eigenvalue weighted by Gasteiger charge is -2.48. The Hall–Kier alpha value is -3.03. The van der Waals surface area contributed by atoms with E-state index in [1.165, 1.54) is 12.1 Å². The highest BCUT2D eigenvalue weighted by Gasteiger charge is 2.49. The predicted octanol–water partition coefficient (Wildman–Crippen LogP) is 5.00. The Morgan fingerprint density at radius 3 is 2.30 bits per heavy atom. The normalized spacial score (nSPS) is 27.6. The van der Waals surface area contributed by atoms with Gasteiger partial charge in [-0.2, -0.15) is 0 Å². The van der Waals surface area contributed by atoms with Gasteiger partial charge in [-0.15, -0.1) is 12.4 Å². The fourth-order valence-corrected chi connectivity index (χ4v) is 6.11. The third kappa shape index (κ3) is 4.94. The summed E-state index contributed by atoms with van der Waals surface area (Å²) in [7, 11) is 0. The van der Waals surface area contributed by atoms with Crippen LogP contribution in [0.5, 0.6) is 0 Å². The zero-order valence-electron chi connectivity index (χ0n) is 20.9. The Morgan fingerprint density at radius 2 is 1.68 bits per heavy atom. The van der Waals surface area contributed by atoms with Gasteiger partial charge in [-0.3, -0.25) is 9.78 Å². The molecule has 1 N–H and O–H groups in total. The second-order valence-corrected chi connectivity index (χ2v) is 10.2. The van der Waals surface area contributed by atoms with Gasteiger partial charge in [0.15, 0.2) is 0 Å². The monoisotopic (exact) mass is 527 g/mol. The molecule has 1 amide bonds. The standard InChI is InChI=1S/C29H31F2N3O2.ClH/c1-19-15-34(16-20(2)29(19,36)21-7-4-3-5-8-21)28(35)26-18-33(23-9-6-12-32-14-23)17-25(26)24-11-10-22(30)13-27(24)31;/h3-14,19-20,25-26,36H,15-18H2,1-2H3;1H/t19-,20+,25-,26+,29?;/m0./s1. The summed E-state index contributed by atoms with van der Waals surface area (Å²) < 4.78 is 28.6. The Bertz CT molecular complexity index is 1220. The van der Waals surface area contributed by atoms with Gasteiger partial charge >= 0.3 is 0 Å². The van der Waals surface area contributed by atoms with Gasteiger partial charge in [0.25, 0.3) is 0 Å². The summed E-state index contributed by atoms with van der Waals surface area (Å²) in [4.78, 5) is 22.0. The van der Waals surface area contributed by atoms with Crippen LogP contribution in [0.2, 0.25) is 0 Å². The molecular formula is C29H32ClF2N3O2. The SMILES string of the molecule is C[C@@H]1CN(C(=O)[C@@H]2CN(c3cccnc3)C[C@H]2c2ccc(F)cc2F)C[C@H](C)C1(O)c1ccccc1.Cl. The van der Waals surface area contributed by atoms with E-state index in [9.17, 15) is 18.7 Å². The molecule has 1 aromatic heterocycles. The number of halogens is 3. The number of carbonyl (C=O) groups excluding carboxylic acids is 1. The van der Waals surface area contributed by atoms with E-state index in [1.54, 1.807) is 12.4 Å². The van der Waals surface area contributed by atoms with Gasteiger partial charge in [-0.25, -0.2) is 8.78 Å². The fraction of sp³-hybridized carbons (Fsp3) is 0.379. The number of rotatable bonds is 4. The lowest BCUT2D eigenvalue weighted by molar-refractivity contribution is -0.152. The van der Waals surface area contributed by atoms with Crippen molar-refractivity contribution in [1.29, 1.82) is 0 Å². The van der Waals surface area contributed by atoms with Crippen molar-refractivity contribution in [2.45, 2.75) is 25.4 Å². The van der Waals surface area contributed by atoms with Crippen LogP contribution in [-0.4, -0.2) is 47.1 Å². The molecule has 2 aromatic carbocycles. The largest absolute Gasteiger partial charge is 0.384 e. The number of aliphatic hydroxyl groups is 1. The first-order valence-electron chi connectivity index (χ1n) is 12.5. The number of benzene rings is 2. The van der Waals surface area contributed by atoms with Gasteiger partial charge in [0.05, 0.1) is 23.4 Å². The van der Waals surface area contributed by atoms with Crippen LogP contribution in [0.25, 0.3) is 0 Å². The van der Waals surface area contributed by atoms with Gasteiger partial charge in [0.1, 0.15) is 11.6 Å². The Balaban J connectivity index is 0.00000320. The molecular weight excluding hydrogens is 496 g/mol. The van der Waals surface area contributed by atoms with E-state index < -0.39 is 29.1 Å². The number of carbonyl (C=O) groups is 1. The van der Waals surface area contributed by atoms with Crippen LogP contribution in [0.1, 0.15) is 30.9 Å². The number of nitrogens with zero attached hydrogens (tertiary/aromatic N) is 3. The smallest absolute Gasteiger partial charge is 0.228 e. The molecule has 0 spiro atoms. The maximum atomic E-state index is 14.9. The highest BCUT2D eigenvalue weighted by Crippen LogP contribution is 2.43. The number of hydrogen-bond acceptors (Lipinski definition) is 4. The Labute approximate surface area is 222 Å². The van der Waals surface area contributed by atoms with Gasteiger partial charge < -0.3 is 14.9 Å². The van der Waals surface area contributed by atoms with Crippen molar-refractivity contribution in [2.75, 3.05) is 31.1 Å². The van der Waals surface area contributed by atoms with Crippen LogP contribution in [0.15, 0.2) is 73.1 Å². The molecule has 2 fully saturated rings. The molecule has 37 heavy (non-hydrogen) atoms. The molecule has 3 aromatic rings. The number of hydrogen-bond donors (Lipinski definition) is 1. The maximum absolute atomic E-state index is 14.9. The quantitative estimate of drug-likeness (QED) is 0.518. The first-order chi connectivity index (χ1) is 17.3. The molecule has 8 heteroatoms. The minimum atomic E-state index is -1.04. The average Bonchev–Trinajstić information content (AvgIpc) is 3.32. The van der Waals surface area contributed by atoms with Gasteiger partial charge in [-0.1, -0.05) is 50.2 Å². The summed E-state index contributed by atoms with van der Waals surface area (Å²) in [5, 5.41) is 11.7. The van der Waals surface area contributed by atoms with Crippen molar-refractivity contribution in [3.63, 3.8) is 0 Å². The second-order valence-electron chi connectivity index (χ2n) is 10.2. The Morgan fingerprint density at radius 1 is 0.973 bits per heavy atom. The molecule has 0 radical (unpaired) electrons. The molecule has 3 heterocycles. The van der Waals surface area contributed by atoms with Crippen LogP contribution in [0, 0.1) is 29.4 Å². The van der Waals surface area contributed by atoms with Crippen LogP contribution in [0.3, 0.4) is 0 Å². The van der Waals surface area contributed by atoms with Crippen molar-refractivity contribution in [2.24, 2.45) is 17.8 Å². The summed E-state index contributed by atoms with van der Waals surface area (Å²) >= 11 is 0. The zero-order valence-corrected chi connectivity index (χ0v) is 21.7. The van der Waals surface area contributed by atoms with E-state index in [2.05, 4.69) is 4.98 Å². The fourth-order valence-electron chi connectivity index (χ4n) is 6.11. The number of piperidine rings is 1. The van der Waals surface area contributed by atoms with Crippen LogP contribution in [-0.2, 0) is 10.4 Å². The molecule has 0 saturated carbocycles. The highest BCUT2D eigenvalue weighted by molar-refractivity contribution is 5.85. The molecule has 0 bridgehead atoms. The maximum Gasteiger partial charge on any atom is 0.228 e. The predicted molar refractivity (Wildman–Crippen MR) is 142 cm³/mol. The summed E-state index contributed by atoms with van der Waals surface area (Å²) in [5.41, 5.74) is 1.02. The molecule has 5 nitrogen and oxygen atoms in total. The summed E-state index contributed by atoms with van der Waals surface area (Å²) in [5.74, 6) is -2.66. The third-order valence-electron chi connectivity index (χ3n) is 8.05. The minimum Gasteiger partial charge on any atom is -0.384 e. The number of pyridine rings is 1. The van der Waals surface area contributed by atoms with E-state index in [0.717, 1.165) is 17.3 Å². The minimum absolute atomic E-state index is 0. The summed E-state index contributed by atoms with van der Waals surface area (Å²) in [6.45, 7) is 5.58. The molecule has 196 valence electrons. The number of amides is 1. The van der Waals surface area contributed by atoms with Crippen molar-refractivity contribution in [1.82, 2.24) is 9.88 Å². The van der Waals surface area contributed by atoms with Crippen molar-refractivity contribution in [3.05, 3.63) is 95.8 Å². The van der Waals surface area contributed by atoms with Crippen LogP contribution in [0.4, 0.5) is 14.5 Å². The molecule has 2 aliphatic rings. The molecule has 2 aliphatic heterocycles. The zero-order chi connectivity index (χ0) is 25.4. The summed E-state index contributed by atoms with van der Waals surface area (Å²) in [6, 6.07) is 16.9. The van der Waals surface area contributed by atoms with E-state index in [4.69, 9.17) is 0 Å². The molecule has 2 saturated heterocycles. The van der Waals surface area contributed by atoms with E-state index >= 15 is 0 Å². The summed E-state index contributed by atoms with van der Waals surface area (Å²) in [6.07, 6.45) is 3.42. The number of aromatic nitrogens is 1. The molecule has 5 rings (SSSR count). The second kappa shape index (κ2) is 10.8. The lowest BCUT2D eigenvalue weighted by Crippen LogP contribution is -2.57. The lowest BCUT2D eigenvalue weighted by atomic mass is 9.70. The molecule has 0 aliphatic carbocycles. The van der Waals surface area contributed by atoms with Crippen LogP contribution < -0.4 is 4.90 Å². The molecule has 5 atom stereocenters. The van der Waals surface area contributed by atoms with Crippen molar-refractivity contribution in [3.8, 4) is 0 Å². The number of anilines is 1. The third-order valence-corrected chi connectivity index (χ3v) is 8.05. The van der Waals surface area contributed by atoms with E-state index in [-0.39, 0.29) is 30.2 Å². The van der Waals surface area contributed by atoms with Gasteiger partial charge in [0.2, 0.25) is 5.91 Å². The van der Waals surface area contributed by atoms with Gasteiger partial charge in [0, 0.05) is 56.2 Å². The highest BCUT2D eigenvalue weighted by atomic mass is 35.5. The Kier molecular flexibility index (Phi) is 7.85. The first kappa shape index (κ1) is 27.0. The van der Waals surface area contributed by atoms with Crippen LogP contribution >= 0.6 is 12.4 Å². The number of likely N-dealkylation sites (tertiary alicyclic amines) is 1. The topological polar surface area (TPSA) is 56.7 Å². The van der Waals surface area contributed by atoms with E-state index in [0.29, 0.717) is 31.7 Å². The van der Waals surface area contributed by atoms with Gasteiger partial charge in [-0.05, 0) is 29.3 Å². The van der Waals surface area contributed by atoms with Crippen molar-refractivity contribution >= 4 is 24.0 Å². The average molecular weight is 528 g/mol. The van der Waals surface area contributed by atoms with Crippen molar-refractivity contribution < 1.29 is 18.7 Å². The van der Waals surface area contributed by atoms with E-state index in [1.807, 2.05) is 66.1 Å². The molecule has 1 unspecified atom stereocenters. The first-order valence-corrected chi connectivity index (χ1v) is 12.5.